The number of anilines is 5. The van der Waals surface area contributed by atoms with Gasteiger partial charge in [-0.15, -0.1) is 0 Å². The number of amides is 1. The minimum atomic E-state index is -0.144. The number of hydrogen-bond acceptors (Lipinski definition) is 6. The SMILES string of the molecule is Cn1ccnc1-c1ccccc1Nc1nc(Nc2ccc3c(c2)C(C)(C)CCC(=O)N3)ncc1Cl. The Bertz CT molecular complexity index is 1410. The maximum absolute atomic E-state index is 12.1. The molecular formula is C26H26ClN7O. The van der Waals surface area contributed by atoms with E-state index >= 15 is 0 Å². The summed E-state index contributed by atoms with van der Waals surface area (Å²) in [6, 6.07) is 13.7. The fourth-order valence-corrected chi connectivity index (χ4v) is 4.39. The Morgan fingerprint density at radius 1 is 1.11 bits per heavy atom. The third-order valence-electron chi connectivity index (χ3n) is 6.24. The normalized spacial score (nSPS) is 14.6. The lowest BCUT2D eigenvalue weighted by atomic mass is 9.80. The fourth-order valence-electron chi connectivity index (χ4n) is 4.25. The van der Waals surface area contributed by atoms with Crippen molar-refractivity contribution in [3.8, 4) is 11.4 Å². The Kier molecular flexibility index (Phi) is 5.90. The van der Waals surface area contributed by atoms with Gasteiger partial charge in [0.25, 0.3) is 0 Å². The molecule has 35 heavy (non-hydrogen) atoms. The van der Waals surface area contributed by atoms with E-state index in [9.17, 15) is 4.79 Å². The third-order valence-corrected chi connectivity index (χ3v) is 6.52. The van der Waals surface area contributed by atoms with Gasteiger partial charge in [-0.05, 0) is 47.7 Å². The van der Waals surface area contributed by atoms with Crippen LogP contribution in [0.4, 0.5) is 28.8 Å². The fraction of sp³-hybridized carbons (Fsp3) is 0.231. The molecule has 0 fully saturated rings. The highest BCUT2D eigenvalue weighted by Gasteiger charge is 2.28. The average molecular weight is 488 g/mol. The summed E-state index contributed by atoms with van der Waals surface area (Å²) in [7, 11) is 1.95. The number of aromatic nitrogens is 4. The van der Waals surface area contributed by atoms with E-state index in [2.05, 4.69) is 44.7 Å². The predicted molar refractivity (Wildman–Crippen MR) is 140 cm³/mol. The predicted octanol–water partition coefficient (Wildman–Crippen LogP) is 6.03. The Hall–Kier alpha value is -3.91. The highest BCUT2D eigenvalue weighted by atomic mass is 35.5. The number of nitrogens with one attached hydrogen (secondary N) is 3. The van der Waals surface area contributed by atoms with E-state index < -0.39 is 0 Å². The maximum Gasteiger partial charge on any atom is 0.229 e. The molecule has 5 rings (SSSR count). The van der Waals surface area contributed by atoms with Crippen LogP contribution in [0.15, 0.2) is 61.1 Å². The zero-order valence-electron chi connectivity index (χ0n) is 19.8. The minimum Gasteiger partial charge on any atom is -0.338 e. The second kappa shape index (κ2) is 9.03. The average Bonchev–Trinajstić information content (AvgIpc) is 3.22. The largest absolute Gasteiger partial charge is 0.338 e. The Morgan fingerprint density at radius 2 is 1.94 bits per heavy atom. The van der Waals surface area contributed by atoms with Crippen molar-refractivity contribution in [1.29, 1.82) is 0 Å². The summed E-state index contributed by atoms with van der Waals surface area (Å²) in [5.41, 5.74) is 4.36. The zero-order valence-corrected chi connectivity index (χ0v) is 20.5. The van der Waals surface area contributed by atoms with Crippen LogP contribution in [-0.2, 0) is 17.3 Å². The lowest BCUT2D eigenvalue weighted by Gasteiger charge is -2.25. The molecule has 0 unspecified atom stereocenters. The summed E-state index contributed by atoms with van der Waals surface area (Å²) >= 11 is 6.45. The number of benzene rings is 2. The monoisotopic (exact) mass is 487 g/mol. The number of rotatable bonds is 5. The van der Waals surface area contributed by atoms with Crippen molar-refractivity contribution in [2.24, 2.45) is 7.05 Å². The van der Waals surface area contributed by atoms with Crippen molar-refractivity contribution in [1.82, 2.24) is 19.5 Å². The molecule has 0 atom stereocenters. The topological polar surface area (TPSA) is 96.8 Å². The molecule has 9 heteroatoms. The molecule has 0 bridgehead atoms. The van der Waals surface area contributed by atoms with Crippen LogP contribution >= 0.6 is 11.6 Å². The van der Waals surface area contributed by atoms with E-state index in [4.69, 9.17) is 11.6 Å². The van der Waals surface area contributed by atoms with E-state index in [1.165, 1.54) is 0 Å². The van der Waals surface area contributed by atoms with E-state index in [1.54, 1.807) is 12.4 Å². The van der Waals surface area contributed by atoms with E-state index in [-0.39, 0.29) is 11.3 Å². The number of halogens is 1. The molecule has 0 aliphatic carbocycles. The summed E-state index contributed by atoms with van der Waals surface area (Å²) in [5.74, 6) is 1.76. The van der Waals surface area contributed by atoms with Gasteiger partial charge in [0.15, 0.2) is 5.82 Å². The molecule has 3 N–H and O–H groups in total. The van der Waals surface area contributed by atoms with Gasteiger partial charge in [0.1, 0.15) is 10.8 Å². The second-order valence-electron chi connectivity index (χ2n) is 9.24. The van der Waals surface area contributed by atoms with Gasteiger partial charge in [0.2, 0.25) is 11.9 Å². The highest BCUT2D eigenvalue weighted by Crippen LogP contribution is 2.38. The van der Waals surface area contributed by atoms with Gasteiger partial charge in [0, 0.05) is 42.8 Å². The number of carbonyl (C=O) groups excluding carboxylic acids is 1. The maximum atomic E-state index is 12.1. The zero-order chi connectivity index (χ0) is 24.6. The first-order valence-electron chi connectivity index (χ1n) is 11.4. The van der Waals surface area contributed by atoms with Crippen molar-refractivity contribution >= 4 is 46.3 Å². The van der Waals surface area contributed by atoms with Crippen LogP contribution in [0.5, 0.6) is 0 Å². The van der Waals surface area contributed by atoms with Crippen LogP contribution in [0, 0.1) is 0 Å². The Labute approximate surface area is 208 Å². The Morgan fingerprint density at radius 3 is 2.74 bits per heavy atom. The molecule has 2 aromatic heterocycles. The number of hydrogen-bond donors (Lipinski definition) is 3. The lowest BCUT2D eigenvalue weighted by molar-refractivity contribution is -0.116. The first kappa shape index (κ1) is 22.9. The van der Waals surface area contributed by atoms with Crippen molar-refractivity contribution in [3.05, 3.63) is 71.6 Å². The first-order valence-corrected chi connectivity index (χ1v) is 11.8. The summed E-state index contributed by atoms with van der Waals surface area (Å²) in [5, 5.41) is 10.0. The van der Waals surface area contributed by atoms with Gasteiger partial charge >= 0.3 is 0 Å². The molecule has 0 radical (unpaired) electrons. The van der Waals surface area contributed by atoms with Gasteiger partial charge in [-0.25, -0.2) is 9.97 Å². The second-order valence-corrected chi connectivity index (χ2v) is 9.65. The number of imidazole rings is 1. The molecule has 0 saturated heterocycles. The summed E-state index contributed by atoms with van der Waals surface area (Å²) in [4.78, 5) is 25.5. The lowest BCUT2D eigenvalue weighted by Crippen LogP contribution is -2.16. The van der Waals surface area contributed by atoms with Crippen molar-refractivity contribution in [3.63, 3.8) is 0 Å². The molecular weight excluding hydrogens is 462 g/mol. The number of carbonyl (C=O) groups is 1. The van der Waals surface area contributed by atoms with Crippen LogP contribution in [-0.4, -0.2) is 25.4 Å². The van der Waals surface area contributed by atoms with Crippen LogP contribution in [0.25, 0.3) is 11.4 Å². The first-order chi connectivity index (χ1) is 16.8. The van der Waals surface area contributed by atoms with Gasteiger partial charge < -0.3 is 20.5 Å². The molecule has 1 aliphatic heterocycles. The van der Waals surface area contributed by atoms with Crippen LogP contribution in [0.1, 0.15) is 32.3 Å². The molecule has 0 spiro atoms. The van der Waals surface area contributed by atoms with E-state index in [0.717, 1.165) is 40.4 Å². The number of aryl methyl sites for hydroxylation is 1. The van der Waals surface area contributed by atoms with Crippen LogP contribution in [0.2, 0.25) is 5.02 Å². The quantitative estimate of drug-likeness (QED) is 0.318. The van der Waals surface area contributed by atoms with E-state index in [0.29, 0.717) is 23.2 Å². The van der Waals surface area contributed by atoms with Gasteiger partial charge in [0.05, 0.1) is 11.9 Å². The molecule has 178 valence electrons. The number of nitrogens with zero attached hydrogens (tertiary/aromatic N) is 4. The number of para-hydroxylation sites is 1. The number of fused-ring (bicyclic) bond motifs is 1. The molecule has 8 nitrogen and oxygen atoms in total. The Balaban J connectivity index is 1.44. The van der Waals surface area contributed by atoms with Gasteiger partial charge in [-0.2, -0.15) is 4.98 Å². The van der Waals surface area contributed by atoms with Crippen molar-refractivity contribution in [2.45, 2.75) is 32.1 Å². The van der Waals surface area contributed by atoms with Crippen LogP contribution in [0.3, 0.4) is 0 Å². The van der Waals surface area contributed by atoms with Gasteiger partial charge in [-0.1, -0.05) is 37.6 Å². The van der Waals surface area contributed by atoms with Gasteiger partial charge in [-0.3, -0.25) is 4.79 Å². The van der Waals surface area contributed by atoms with Crippen LogP contribution < -0.4 is 16.0 Å². The third kappa shape index (κ3) is 4.70. The molecule has 2 aromatic carbocycles. The highest BCUT2D eigenvalue weighted by molar-refractivity contribution is 6.33. The molecule has 0 saturated carbocycles. The smallest absolute Gasteiger partial charge is 0.229 e. The summed E-state index contributed by atoms with van der Waals surface area (Å²) in [6.45, 7) is 4.30. The molecule has 4 aromatic rings. The minimum absolute atomic E-state index is 0.0418. The van der Waals surface area contributed by atoms with Crippen molar-refractivity contribution in [2.75, 3.05) is 16.0 Å². The summed E-state index contributed by atoms with van der Waals surface area (Å²) < 4.78 is 1.96. The molecule has 1 aliphatic rings. The standard InChI is InChI=1S/C26H26ClN7O/c1-26(2)11-10-22(35)31-21-9-8-16(14-18(21)26)30-25-29-15-19(27)23(33-25)32-20-7-5-4-6-17(20)24-28-12-13-34(24)3/h4-9,12-15H,10-11H2,1-3H3,(H,31,35)(H2,29,30,32,33). The molecule has 3 heterocycles. The van der Waals surface area contributed by atoms with Crippen molar-refractivity contribution < 1.29 is 4.79 Å². The summed E-state index contributed by atoms with van der Waals surface area (Å²) in [6.07, 6.45) is 6.50. The van der Waals surface area contributed by atoms with E-state index in [1.807, 2.05) is 60.3 Å². The molecule has 1 amide bonds.